The maximum absolute atomic E-state index is 5.42. The molecule has 0 saturated carbocycles. The number of ether oxygens (including phenoxy) is 1. The predicted octanol–water partition coefficient (Wildman–Crippen LogP) is 2.38. The number of hydrogen-bond donors (Lipinski definition) is 1. The van der Waals surface area contributed by atoms with Crippen molar-refractivity contribution in [2.45, 2.75) is 20.4 Å². The second kappa shape index (κ2) is 6.21. The Morgan fingerprint density at radius 1 is 1.22 bits per heavy atom. The standard InChI is InChI=1S/C14H19N3O/c1-3-15-9-12-10-16-17(11-12)13-5-7-14(8-6-13)18-4-2/h5-8,10-11,15H,3-4,9H2,1-2H3. The van der Waals surface area contributed by atoms with E-state index < -0.39 is 0 Å². The van der Waals surface area contributed by atoms with Gasteiger partial charge in [0.05, 0.1) is 18.5 Å². The van der Waals surface area contributed by atoms with Crippen molar-refractivity contribution in [2.24, 2.45) is 0 Å². The van der Waals surface area contributed by atoms with Crippen LogP contribution in [0.2, 0.25) is 0 Å². The van der Waals surface area contributed by atoms with Crippen LogP contribution in [-0.4, -0.2) is 22.9 Å². The van der Waals surface area contributed by atoms with Crippen molar-refractivity contribution >= 4 is 0 Å². The fourth-order valence-electron chi connectivity index (χ4n) is 1.72. The van der Waals surface area contributed by atoms with Gasteiger partial charge >= 0.3 is 0 Å². The molecule has 2 aromatic rings. The van der Waals surface area contributed by atoms with E-state index in [-0.39, 0.29) is 0 Å². The molecule has 0 aliphatic carbocycles. The summed E-state index contributed by atoms with van der Waals surface area (Å²) < 4.78 is 7.29. The number of hydrogen-bond acceptors (Lipinski definition) is 3. The Kier molecular flexibility index (Phi) is 4.36. The maximum atomic E-state index is 5.42. The third-order valence-electron chi connectivity index (χ3n) is 2.63. The average Bonchev–Trinajstić information content (AvgIpc) is 2.86. The minimum Gasteiger partial charge on any atom is -0.494 e. The van der Waals surface area contributed by atoms with Crippen molar-refractivity contribution < 1.29 is 4.74 Å². The largest absolute Gasteiger partial charge is 0.494 e. The van der Waals surface area contributed by atoms with Gasteiger partial charge in [-0.25, -0.2) is 4.68 Å². The first-order valence-electron chi connectivity index (χ1n) is 6.31. The summed E-state index contributed by atoms with van der Waals surface area (Å²) in [5.41, 5.74) is 2.23. The number of rotatable bonds is 6. The molecule has 1 heterocycles. The Balaban J connectivity index is 2.08. The van der Waals surface area contributed by atoms with Gasteiger partial charge in [0.2, 0.25) is 0 Å². The predicted molar refractivity (Wildman–Crippen MR) is 72.1 cm³/mol. The normalized spacial score (nSPS) is 10.6. The SMILES string of the molecule is CCNCc1cnn(-c2ccc(OCC)cc2)c1. The van der Waals surface area contributed by atoms with Gasteiger partial charge in [-0.05, 0) is 37.7 Å². The molecule has 1 aromatic heterocycles. The molecule has 1 aromatic carbocycles. The third-order valence-corrected chi connectivity index (χ3v) is 2.63. The van der Waals surface area contributed by atoms with Gasteiger partial charge in [-0.2, -0.15) is 5.10 Å². The molecule has 0 saturated heterocycles. The van der Waals surface area contributed by atoms with E-state index >= 15 is 0 Å². The summed E-state index contributed by atoms with van der Waals surface area (Å²) >= 11 is 0. The minimum absolute atomic E-state index is 0.688. The fraction of sp³-hybridized carbons (Fsp3) is 0.357. The van der Waals surface area contributed by atoms with E-state index in [1.54, 1.807) is 0 Å². The van der Waals surface area contributed by atoms with Gasteiger partial charge in [-0.3, -0.25) is 0 Å². The highest BCUT2D eigenvalue weighted by Crippen LogP contribution is 2.15. The molecule has 2 rings (SSSR count). The number of nitrogens with one attached hydrogen (secondary N) is 1. The molecule has 1 N–H and O–H groups in total. The molecule has 0 aliphatic rings. The lowest BCUT2D eigenvalue weighted by Gasteiger charge is -2.04. The van der Waals surface area contributed by atoms with Crippen molar-refractivity contribution in [1.29, 1.82) is 0 Å². The van der Waals surface area contributed by atoms with Crippen LogP contribution in [0, 0.1) is 0 Å². The molecule has 0 spiro atoms. The van der Waals surface area contributed by atoms with E-state index in [0.29, 0.717) is 6.61 Å². The van der Waals surface area contributed by atoms with Crippen LogP contribution in [0.15, 0.2) is 36.7 Å². The molecule has 0 amide bonds. The highest BCUT2D eigenvalue weighted by atomic mass is 16.5. The Labute approximate surface area is 108 Å². The van der Waals surface area contributed by atoms with E-state index in [1.165, 1.54) is 5.56 Å². The zero-order chi connectivity index (χ0) is 12.8. The second-order valence-electron chi connectivity index (χ2n) is 4.00. The maximum Gasteiger partial charge on any atom is 0.119 e. The van der Waals surface area contributed by atoms with Crippen molar-refractivity contribution in [2.75, 3.05) is 13.2 Å². The summed E-state index contributed by atoms with van der Waals surface area (Å²) in [6.07, 6.45) is 3.93. The van der Waals surface area contributed by atoms with Crippen LogP contribution in [0.3, 0.4) is 0 Å². The summed E-state index contributed by atoms with van der Waals surface area (Å²) in [5.74, 6) is 0.890. The quantitative estimate of drug-likeness (QED) is 0.849. The first-order valence-corrected chi connectivity index (χ1v) is 6.31. The molecule has 0 bridgehead atoms. The summed E-state index contributed by atoms with van der Waals surface area (Å²) in [4.78, 5) is 0. The molecule has 96 valence electrons. The summed E-state index contributed by atoms with van der Waals surface area (Å²) in [6, 6.07) is 7.94. The summed E-state index contributed by atoms with van der Waals surface area (Å²) in [5, 5.41) is 7.63. The number of benzene rings is 1. The monoisotopic (exact) mass is 245 g/mol. The highest BCUT2D eigenvalue weighted by molar-refractivity contribution is 5.37. The molecule has 4 heteroatoms. The minimum atomic E-state index is 0.688. The molecule has 0 aliphatic heterocycles. The van der Waals surface area contributed by atoms with Crippen molar-refractivity contribution in [3.8, 4) is 11.4 Å². The molecule has 18 heavy (non-hydrogen) atoms. The zero-order valence-corrected chi connectivity index (χ0v) is 10.9. The van der Waals surface area contributed by atoms with Crippen molar-refractivity contribution in [1.82, 2.24) is 15.1 Å². The zero-order valence-electron chi connectivity index (χ0n) is 10.9. The van der Waals surface area contributed by atoms with Gasteiger partial charge in [-0.15, -0.1) is 0 Å². The first kappa shape index (κ1) is 12.6. The van der Waals surface area contributed by atoms with Crippen molar-refractivity contribution in [3.05, 3.63) is 42.2 Å². The second-order valence-corrected chi connectivity index (χ2v) is 4.00. The van der Waals surface area contributed by atoms with Crippen LogP contribution >= 0.6 is 0 Å². The molecule has 0 unspecified atom stereocenters. The van der Waals surface area contributed by atoms with Gasteiger partial charge in [0.1, 0.15) is 5.75 Å². The summed E-state index contributed by atoms with van der Waals surface area (Å²) in [7, 11) is 0. The topological polar surface area (TPSA) is 39.1 Å². The van der Waals surface area contributed by atoms with Crippen LogP contribution in [0.25, 0.3) is 5.69 Å². The Bertz CT molecular complexity index is 476. The number of aromatic nitrogens is 2. The van der Waals surface area contributed by atoms with E-state index in [0.717, 1.165) is 24.5 Å². The smallest absolute Gasteiger partial charge is 0.119 e. The van der Waals surface area contributed by atoms with E-state index in [9.17, 15) is 0 Å². The molecular weight excluding hydrogens is 226 g/mol. The van der Waals surface area contributed by atoms with Crippen LogP contribution < -0.4 is 10.1 Å². The average molecular weight is 245 g/mol. The van der Waals surface area contributed by atoms with Gasteiger partial charge in [0.15, 0.2) is 0 Å². The summed E-state index contributed by atoms with van der Waals surface area (Å²) in [6.45, 7) is 6.58. The third kappa shape index (κ3) is 3.11. The van der Waals surface area contributed by atoms with E-state index in [2.05, 4.69) is 17.3 Å². The fourth-order valence-corrected chi connectivity index (χ4v) is 1.72. The van der Waals surface area contributed by atoms with Crippen LogP contribution in [-0.2, 0) is 6.54 Å². The van der Waals surface area contributed by atoms with E-state index in [1.807, 2.05) is 48.3 Å². The van der Waals surface area contributed by atoms with Gasteiger partial charge in [0, 0.05) is 18.3 Å². The van der Waals surface area contributed by atoms with Gasteiger partial charge in [-0.1, -0.05) is 6.92 Å². The molecule has 4 nitrogen and oxygen atoms in total. The van der Waals surface area contributed by atoms with Crippen LogP contribution in [0.5, 0.6) is 5.75 Å². The van der Waals surface area contributed by atoms with E-state index in [4.69, 9.17) is 4.74 Å². The van der Waals surface area contributed by atoms with Crippen molar-refractivity contribution in [3.63, 3.8) is 0 Å². The molecule has 0 atom stereocenters. The lowest BCUT2D eigenvalue weighted by atomic mass is 10.3. The number of nitrogens with zero attached hydrogens (tertiary/aromatic N) is 2. The molecule has 0 radical (unpaired) electrons. The van der Waals surface area contributed by atoms with Gasteiger partial charge in [0.25, 0.3) is 0 Å². The Morgan fingerprint density at radius 3 is 2.67 bits per heavy atom. The lowest BCUT2D eigenvalue weighted by molar-refractivity contribution is 0.340. The molecular formula is C14H19N3O. The van der Waals surface area contributed by atoms with Crippen LogP contribution in [0.1, 0.15) is 19.4 Å². The first-order chi connectivity index (χ1) is 8.83. The Hall–Kier alpha value is -1.81. The van der Waals surface area contributed by atoms with Crippen LogP contribution in [0.4, 0.5) is 0 Å². The molecule has 0 fully saturated rings. The highest BCUT2D eigenvalue weighted by Gasteiger charge is 2.01. The Morgan fingerprint density at radius 2 is 2.00 bits per heavy atom. The van der Waals surface area contributed by atoms with Gasteiger partial charge < -0.3 is 10.1 Å². The lowest BCUT2D eigenvalue weighted by Crippen LogP contribution is -2.10.